The third-order valence-electron chi connectivity index (χ3n) is 6.66. The summed E-state index contributed by atoms with van der Waals surface area (Å²) in [5.41, 5.74) is 2.61. The number of aromatic nitrogens is 1. The van der Waals surface area contributed by atoms with Gasteiger partial charge in [0.05, 0.1) is 17.8 Å². The molecule has 0 aliphatic carbocycles. The van der Waals surface area contributed by atoms with Crippen LogP contribution < -0.4 is 5.32 Å². The van der Waals surface area contributed by atoms with Crippen LogP contribution in [0, 0.1) is 31.0 Å². The molecule has 3 heterocycles. The Bertz CT molecular complexity index is 1000. The van der Waals surface area contributed by atoms with Gasteiger partial charge in [0, 0.05) is 18.3 Å². The molecule has 2 aliphatic rings. The third-order valence-corrected chi connectivity index (χ3v) is 6.66. The van der Waals surface area contributed by atoms with Crippen molar-refractivity contribution in [2.75, 3.05) is 38.0 Å². The fourth-order valence-corrected chi connectivity index (χ4v) is 4.93. The Morgan fingerprint density at radius 2 is 2.00 bits per heavy atom. The Balaban J connectivity index is 1.54. The average molecular weight is 424 g/mol. The largest absolute Gasteiger partial charge is 0.310 e. The number of nitrogens with zero attached hydrogens (tertiary/aromatic N) is 4. The van der Waals surface area contributed by atoms with E-state index in [2.05, 4.69) is 21.2 Å². The van der Waals surface area contributed by atoms with Crippen LogP contribution in [0.3, 0.4) is 0 Å². The molecule has 2 saturated heterocycles. The molecule has 2 fully saturated rings. The summed E-state index contributed by atoms with van der Waals surface area (Å²) in [4.78, 5) is 17.8. The number of amides is 1. The molecular formula is C24H30FN5O. The van der Waals surface area contributed by atoms with E-state index in [1.165, 1.54) is 25.0 Å². The number of likely N-dealkylation sites (tertiary alicyclic amines) is 2. The van der Waals surface area contributed by atoms with Gasteiger partial charge in [-0.05, 0) is 82.9 Å². The number of carbonyl (C=O) groups is 1. The Labute approximate surface area is 183 Å². The maximum Gasteiger partial charge on any atom is 0.239 e. The van der Waals surface area contributed by atoms with E-state index in [-0.39, 0.29) is 11.7 Å². The first kappa shape index (κ1) is 21.5. The van der Waals surface area contributed by atoms with Gasteiger partial charge in [0.1, 0.15) is 17.7 Å². The van der Waals surface area contributed by atoms with E-state index in [1.54, 1.807) is 16.7 Å². The van der Waals surface area contributed by atoms with Crippen molar-refractivity contribution in [3.63, 3.8) is 0 Å². The first-order valence-electron chi connectivity index (χ1n) is 11.1. The number of rotatable bonds is 6. The second-order valence-corrected chi connectivity index (χ2v) is 8.68. The number of nitriles is 1. The topological polar surface area (TPSA) is 64.3 Å². The molecular weight excluding hydrogens is 393 g/mol. The number of nitrogens with one attached hydrogen (secondary N) is 1. The van der Waals surface area contributed by atoms with Crippen molar-refractivity contribution < 1.29 is 9.18 Å². The highest BCUT2D eigenvalue weighted by Crippen LogP contribution is 2.30. The van der Waals surface area contributed by atoms with Gasteiger partial charge in [-0.3, -0.25) is 14.3 Å². The summed E-state index contributed by atoms with van der Waals surface area (Å²) in [6.07, 6.45) is 4.75. The maximum absolute atomic E-state index is 13.9. The lowest BCUT2D eigenvalue weighted by Crippen LogP contribution is -2.43. The van der Waals surface area contributed by atoms with Gasteiger partial charge < -0.3 is 10.2 Å². The highest BCUT2D eigenvalue weighted by molar-refractivity contribution is 5.93. The fourth-order valence-electron chi connectivity index (χ4n) is 4.93. The highest BCUT2D eigenvalue weighted by atomic mass is 19.1. The minimum Gasteiger partial charge on any atom is -0.310 e. The molecule has 0 spiro atoms. The number of hydrogen-bond donors (Lipinski definition) is 1. The zero-order chi connectivity index (χ0) is 22.0. The van der Waals surface area contributed by atoms with Crippen LogP contribution in [0.25, 0.3) is 5.69 Å². The van der Waals surface area contributed by atoms with Crippen molar-refractivity contribution in [2.45, 2.75) is 45.6 Å². The van der Waals surface area contributed by atoms with Gasteiger partial charge in [0.2, 0.25) is 5.91 Å². The minimum atomic E-state index is -0.360. The van der Waals surface area contributed by atoms with E-state index in [0.29, 0.717) is 29.7 Å². The highest BCUT2D eigenvalue weighted by Gasteiger charge is 2.29. The molecule has 2 aliphatic heterocycles. The SMILES string of the molecule is Cc1c(C#N)c(NC(=O)CN2CCCC2CN2CCCC2)n(-c2cccc(F)c2)c1C. The van der Waals surface area contributed by atoms with Crippen LogP contribution in [-0.4, -0.2) is 59.0 Å². The zero-order valence-electron chi connectivity index (χ0n) is 18.3. The lowest BCUT2D eigenvalue weighted by Gasteiger charge is -2.28. The Kier molecular flexibility index (Phi) is 6.40. The molecule has 1 atom stereocenters. The van der Waals surface area contributed by atoms with Crippen LogP contribution in [0.1, 0.15) is 42.5 Å². The number of hydrogen-bond acceptors (Lipinski definition) is 4. The second kappa shape index (κ2) is 9.21. The fraction of sp³-hybridized carbons (Fsp3) is 0.500. The van der Waals surface area contributed by atoms with Crippen molar-refractivity contribution in [2.24, 2.45) is 0 Å². The molecule has 1 amide bonds. The van der Waals surface area contributed by atoms with Crippen LogP contribution in [0.5, 0.6) is 0 Å². The van der Waals surface area contributed by atoms with Crippen molar-refractivity contribution in [3.05, 3.63) is 46.9 Å². The van der Waals surface area contributed by atoms with Crippen molar-refractivity contribution in [1.82, 2.24) is 14.4 Å². The zero-order valence-corrected chi connectivity index (χ0v) is 18.3. The quantitative estimate of drug-likeness (QED) is 0.771. The summed E-state index contributed by atoms with van der Waals surface area (Å²) in [5, 5.41) is 12.7. The molecule has 7 heteroatoms. The number of benzene rings is 1. The summed E-state index contributed by atoms with van der Waals surface area (Å²) in [6, 6.07) is 8.82. The molecule has 4 rings (SSSR count). The van der Waals surface area contributed by atoms with Gasteiger partial charge in [-0.15, -0.1) is 0 Å². The van der Waals surface area contributed by atoms with Crippen molar-refractivity contribution in [1.29, 1.82) is 5.26 Å². The van der Waals surface area contributed by atoms with Crippen molar-refractivity contribution in [3.8, 4) is 11.8 Å². The molecule has 6 nitrogen and oxygen atoms in total. The monoisotopic (exact) mass is 423 g/mol. The number of anilines is 1. The first-order chi connectivity index (χ1) is 15.0. The van der Waals surface area contributed by atoms with Crippen LogP contribution in [0.2, 0.25) is 0 Å². The Morgan fingerprint density at radius 1 is 1.23 bits per heavy atom. The van der Waals surface area contributed by atoms with Crippen LogP contribution in [0.15, 0.2) is 24.3 Å². The van der Waals surface area contributed by atoms with E-state index in [9.17, 15) is 14.4 Å². The summed E-state index contributed by atoms with van der Waals surface area (Å²) >= 11 is 0. The Morgan fingerprint density at radius 3 is 2.71 bits per heavy atom. The summed E-state index contributed by atoms with van der Waals surface area (Å²) in [6.45, 7) is 8.28. The van der Waals surface area contributed by atoms with E-state index in [0.717, 1.165) is 50.3 Å². The second-order valence-electron chi connectivity index (χ2n) is 8.68. The molecule has 1 unspecified atom stereocenters. The molecule has 1 aromatic heterocycles. The predicted molar refractivity (Wildman–Crippen MR) is 119 cm³/mol. The van der Waals surface area contributed by atoms with Crippen LogP contribution in [0.4, 0.5) is 10.2 Å². The third kappa shape index (κ3) is 4.51. The van der Waals surface area contributed by atoms with Crippen molar-refractivity contribution >= 4 is 11.7 Å². The van der Waals surface area contributed by atoms with Crippen LogP contribution >= 0.6 is 0 Å². The molecule has 0 bridgehead atoms. The van der Waals surface area contributed by atoms with E-state index >= 15 is 0 Å². The first-order valence-corrected chi connectivity index (χ1v) is 11.1. The van der Waals surface area contributed by atoms with E-state index in [4.69, 9.17) is 0 Å². The van der Waals surface area contributed by atoms with Gasteiger partial charge in [0.25, 0.3) is 0 Å². The average Bonchev–Trinajstić information content (AvgIpc) is 3.45. The molecule has 31 heavy (non-hydrogen) atoms. The maximum atomic E-state index is 13.9. The van der Waals surface area contributed by atoms with Gasteiger partial charge in [-0.25, -0.2) is 4.39 Å². The molecule has 1 N–H and O–H groups in total. The van der Waals surface area contributed by atoms with Gasteiger partial charge in [-0.1, -0.05) is 6.07 Å². The Hall–Kier alpha value is -2.69. The molecule has 2 aromatic rings. The summed E-state index contributed by atoms with van der Waals surface area (Å²) < 4.78 is 15.6. The van der Waals surface area contributed by atoms with Gasteiger partial charge in [-0.2, -0.15) is 5.26 Å². The molecule has 0 radical (unpaired) electrons. The predicted octanol–water partition coefficient (Wildman–Crippen LogP) is 3.60. The smallest absolute Gasteiger partial charge is 0.239 e. The van der Waals surface area contributed by atoms with Crippen LogP contribution in [-0.2, 0) is 4.79 Å². The molecule has 0 saturated carbocycles. The summed E-state index contributed by atoms with van der Waals surface area (Å²) in [7, 11) is 0. The standard InChI is InChI=1S/C24H30FN5O/c1-17-18(2)30(20-8-5-7-19(25)13-20)24(22(17)14-26)27-23(31)16-29-12-6-9-21(29)15-28-10-3-4-11-28/h5,7-8,13,21H,3-4,6,9-12,15-16H2,1-2H3,(H,27,31). The van der Waals surface area contributed by atoms with Gasteiger partial charge in [0.15, 0.2) is 0 Å². The number of carbonyl (C=O) groups excluding carboxylic acids is 1. The molecule has 164 valence electrons. The lowest BCUT2D eigenvalue weighted by atomic mass is 10.2. The van der Waals surface area contributed by atoms with E-state index in [1.807, 2.05) is 13.8 Å². The summed E-state index contributed by atoms with van der Waals surface area (Å²) in [5.74, 6) is -0.0794. The normalized spacial score (nSPS) is 19.6. The number of halogens is 1. The van der Waals surface area contributed by atoms with Gasteiger partial charge >= 0.3 is 0 Å². The van der Waals surface area contributed by atoms with E-state index < -0.39 is 0 Å². The lowest BCUT2D eigenvalue weighted by molar-refractivity contribution is -0.117. The molecule has 1 aromatic carbocycles. The minimum absolute atomic E-state index is 0.139.